The lowest BCUT2D eigenvalue weighted by Gasteiger charge is -2.29. The van der Waals surface area contributed by atoms with Gasteiger partial charge >= 0.3 is 12.7 Å². The van der Waals surface area contributed by atoms with E-state index in [0.717, 1.165) is 22.4 Å². The highest BCUT2D eigenvalue weighted by Crippen LogP contribution is 2.47. The summed E-state index contributed by atoms with van der Waals surface area (Å²) in [4.78, 5) is 27.9. The van der Waals surface area contributed by atoms with Crippen LogP contribution < -0.4 is 4.74 Å². The number of imidazole rings is 1. The van der Waals surface area contributed by atoms with Gasteiger partial charge in [0.25, 0.3) is 0 Å². The molecule has 0 fully saturated rings. The molecule has 9 nitrogen and oxygen atoms in total. The molecule has 1 aliphatic heterocycles. The predicted octanol–water partition coefficient (Wildman–Crippen LogP) is 5.99. The molecule has 1 aliphatic carbocycles. The topological polar surface area (TPSA) is 102 Å². The van der Waals surface area contributed by atoms with Crippen molar-refractivity contribution in [3.63, 3.8) is 0 Å². The van der Waals surface area contributed by atoms with E-state index < -0.39 is 18.3 Å². The molecule has 4 aromatic rings. The van der Waals surface area contributed by atoms with Crippen molar-refractivity contribution in [3.05, 3.63) is 83.8 Å². The fraction of sp³-hybridized carbons (Fsp3) is 0.355. The van der Waals surface area contributed by atoms with Crippen molar-refractivity contribution in [2.75, 3.05) is 13.1 Å². The molecule has 1 aromatic carbocycles. The number of aromatic nitrogens is 4. The van der Waals surface area contributed by atoms with E-state index in [4.69, 9.17) is 9.47 Å². The Hall–Kier alpha value is -4.38. The van der Waals surface area contributed by atoms with Crippen molar-refractivity contribution in [3.8, 4) is 16.9 Å². The molecule has 3 aromatic heterocycles. The minimum absolute atomic E-state index is 0.0823. The van der Waals surface area contributed by atoms with Gasteiger partial charge in [-0.2, -0.15) is 8.78 Å². The van der Waals surface area contributed by atoms with Crippen molar-refractivity contribution in [2.45, 2.75) is 57.8 Å². The maximum Gasteiger partial charge on any atom is 0.410 e. The molecular formula is C31H31F2N5O4. The number of hydrogen-bond donors (Lipinski definition) is 1. The van der Waals surface area contributed by atoms with E-state index in [9.17, 15) is 18.7 Å². The van der Waals surface area contributed by atoms with Gasteiger partial charge in [-0.3, -0.25) is 0 Å². The van der Waals surface area contributed by atoms with Crippen LogP contribution in [0.25, 0.3) is 22.3 Å². The number of rotatable bonds is 5. The van der Waals surface area contributed by atoms with Gasteiger partial charge in [0.2, 0.25) is 0 Å². The fourth-order valence-electron chi connectivity index (χ4n) is 5.54. The summed E-state index contributed by atoms with van der Waals surface area (Å²) >= 11 is 0. The molecule has 11 heteroatoms. The Morgan fingerprint density at radius 3 is 2.55 bits per heavy atom. The summed E-state index contributed by atoms with van der Waals surface area (Å²) in [7, 11) is 0. The zero-order chi connectivity index (χ0) is 29.6. The number of halogens is 2. The van der Waals surface area contributed by atoms with Gasteiger partial charge in [0.05, 0.1) is 17.5 Å². The van der Waals surface area contributed by atoms with Crippen LogP contribution in [-0.4, -0.2) is 60.8 Å². The van der Waals surface area contributed by atoms with Gasteiger partial charge in [-0.15, -0.1) is 0 Å². The molecule has 1 amide bonds. The van der Waals surface area contributed by atoms with Crippen LogP contribution in [0.15, 0.2) is 61.1 Å². The first-order valence-electron chi connectivity index (χ1n) is 13.8. The molecule has 4 heterocycles. The molecule has 2 atom stereocenters. The number of hydrogen-bond acceptors (Lipinski definition) is 7. The lowest BCUT2D eigenvalue weighted by molar-refractivity contribution is -0.0506. The van der Waals surface area contributed by atoms with Gasteiger partial charge in [0.15, 0.2) is 5.82 Å². The molecule has 2 aliphatic rings. The van der Waals surface area contributed by atoms with Crippen LogP contribution >= 0.6 is 0 Å². The van der Waals surface area contributed by atoms with Crippen LogP contribution in [0.2, 0.25) is 0 Å². The van der Waals surface area contributed by atoms with Crippen LogP contribution in [0.5, 0.6) is 5.75 Å². The Bertz CT molecular complexity index is 1660. The van der Waals surface area contributed by atoms with Gasteiger partial charge in [-0.25, -0.2) is 19.7 Å². The highest BCUT2D eigenvalue weighted by molar-refractivity contribution is 5.72. The quantitative estimate of drug-likeness (QED) is 0.312. The molecule has 6 rings (SSSR count). The Morgan fingerprint density at radius 2 is 1.86 bits per heavy atom. The molecule has 1 N–H and O–H groups in total. The third kappa shape index (κ3) is 5.44. The molecule has 0 saturated carbocycles. The fourth-order valence-corrected chi connectivity index (χ4v) is 5.54. The lowest BCUT2D eigenvalue weighted by atomic mass is 9.95. The van der Waals surface area contributed by atoms with Gasteiger partial charge in [0, 0.05) is 54.3 Å². The van der Waals surface area contributed by atoms with Crippen molar-refractivity contribution >= 4 is 17.3 Å². The first-order valence-corrected chi connectivity index (χ1v) is 13.8. The largest absolute Gasteiger partial charge is 0.444 e. The van der Waals surface area contributed by atoms with E-state index in [1.807, 2.05) is 49.6 Å². The molecule has 0 bridgehead atoms. The van der Waals surface area contributed by atoms with E-state index in [0.29, 0.717) is 48.7 Å². The van der Waals surface area contributed by atoms with Crippen molar-refractivity contribution in [2.24, 2.45) is 0 Å². The van der Waals surface area contributed by atoms with Crippen molar-refractivity contribution in [1.82, 2.24) is 24.3 Å². The predicted molar refractivity (Wildman–Crippen MR) is 151 cm³/mol. The molecule has 218 valence electrons. The number of benzene rings is 1. The maximum absolute atomic E-state index is 13.1. The zero-order valence-electron chi connectivity index (χ0n) is 23.5. The first kappa shape index (κ1) is 27.8. The molecule has 0 saturated heterocycles. The Labute approximate surface area is 241 Å². The third-order valence-electron chi connectivity index (χ3n) is 7.43. The van der Waals surface area contributed by atoms with Crippen molar-refractivity contribution < 1.29 is 28.2 Å². The number of para-hydroxylation sites is 1. The average molecular weight is 576 g/mol. The summed E-state index contributed by atoms with van der Waals surface area (Å²) in [6.45, 7) is 3.52. The Kier molecular flexibility index (Phi) is 7.14. The van der Waals surface area contributed by atoms with E-state index in [1.54, 1.807) is 35.5 Å². The first-order chi connectivity index (χ1) is 20.1. The number of pyridine rings is 1. The Balaban J connectivity index is 1.26. The molecule has 0 radical (unpaired) electrons. The van der Waals surface area contributed by atoms with Crippen LogP contribution in [0.1, 0.15) is 68.4 Å². The van der Waals surface area contributed by atoms with Gasteiger partial charge in [0.1, 0.15) is 17.0 Å². The van der Waals surface area contributed by atoms with Gasteiger partial charge in [-0.05, 0) is 57.4 Å². The summed E-state index contributed by atoms with van der Waals surface area (Å²) < 4.78 is 38.4. The zero-order valence-corrected chi connectivity index (χ0v) is 23.5. The van der Waals surface area contributed by atoms with E-state index in [-0.39, 0.29) is 17.8 Å². The Morgan fingerprint density at radius 1 is 1.10 bits per heavy atom. The average Bonchev–Trinajstić information content (AvgIpc) is 3.49. The van der Waals surface area contributed by atoms with Gasteiger partial charge < -0.3 is 23.9 Å². The number of alkyl halides is 2. The number of fused-ring (bicyclic) bond motifs is 3. The van der Waals surface area contributed by atoms with E-state index in [1.165, 1.54) is 6.07 Å². The monoisotopic (exact) mass is 575 g/mol. The normalized spacial score (nSPS) is 18.7. The lowest BCUT2D eigenvalue weighted by Crippen LogP contribution is -2.39. The third-order valence-corrected chi connectivity index (χ3v) is 7.43. The highest BCUT2D eigenvalue weighted by atomic mass is 19.3. The number of aliphatic hydroxyl groups is 1. The van der Waals surface area contributed by atoms with Gasteiger partial charge in [-0.1, -0.05) is 24.3 Å². The number of carbonyl (C=O) groups is 1. The smallest absolute Gasteiger partial charge is 0.410 e. The minimum atomic E-state index is -2.96. The highest BCUT2D eigenvalue weighted by Gasteiger charge is 2.37. The summed E-state index contributed by atoms with van der Waals surface area (Å²) in [6, 6.07) is 10.4. The second-order valence-corrected chi connectivity index (χ2v) is 11.4. The second-order valence-electron chi connectivity index (χ2n) is 11.4. The number of carbonyl (C=O) groups excluding carboxylic acids is 1. The molecule has 42 heavy (non-hydrogen) atoms. The summed E-state index contributed by atoms with van der Waals surface area (Å²) in [5, 5.41) is 10.8. The number of amides is 1. The second kappa shape index (κ2) is 10.8. The summed E-state index contributed by atoms with van der Waals surface area (Å²) in [5.41, 5.74) is 4.51. The van der Waals surface area contributed by atoms with E-state index in [2.05, 4.69) is 15.0 Å². The van der Waals surface area contributed by atoms with Crippen LogP contribution in [-0.2, 0) is 4.74 Å². The van der Waals surface area contributed by atoms with E-state index >= 15 is 0 Å². The van der Waals surface area contributed by atoms with Crippen LogP contribution in [0, 0.1) is 0 Å². The summed E-state index contributed by atoms with van der Waals surface area (Å²) in [6.07, 6.45) is 7.11. The van der Waals surface area contributed by atoms with Crippen molar-refractivity contribution in [1.29, 1.82) is 0 Å². The molecular weight excluding hydrogens is 544 g/mol. The molecule has 0 unspecified atom stereocenters. The number of aliphatic hydroxyl groups excluding tert-OH is 1. The minimum Gasteiger partial charge on any atom is -0.444 e. The number of nitrogens with zero attached hydrogens (tertiary/aromatic N) is 5. The standard InChI is InChI=1S/C31H31F2N5O4/c1-31(2,3)42-30(40)37-12-10-18(11-13-37)28-34-15-20(16-35-28)19-8-9-25-36-26-23(39)14-22(27(26)38(25)17-19)21-6-4-5-7-24(21)41-29(32)33/h4-10,15-17,22-23,29,39H,11-14H2,1-3H3/t22-,23-/m1/s1. The SMILES string of the molecule is CC(C)(C)OC(=O)N1CC=C(c2ncc(-c3ccc4nc5c(n4c3)[C@@H](c3ccccc3OC(F)F)C[C@H]5O)cn2)CC1. The summed E-state index contributed by atoms with van der Waals surface area (Å²) in [5.74, 6) is 0.303. The van der Waals surface area contributed by atoms with Crippen LogP contribution in [0.4, 0.5) is 13.6 Å². The maximum atomic E-state index is 13.1. The number of ether oxygens (including phenoxy) is 2. The van der Waals surface area contributed by atoms with Crippen LogP contribution in [0.3, 0.4) is 0 Å². The molecule has 0 spiro atoms.